The van der Waals surface area contributed by atoms with Crippen LogP contribution in [-0.2, 0) is 9.59 Å². The van der Waals surface area contributed by atoms with Gasteiger partial charge in [0.2, 0.25) is 5.91 Å². The number of carbonyl (C=O) groups excluding carboxylic acids is 2. The molecule has 2 unspecified atom stereocenters. The second-order valence-corrected chi connectivity index (χ2v) is 8.48. The summed E-state index contributed by atoms with van der Waals surface area (Å²) < 4.78 is 6.81. The maximum absolute atomic E-state index is 13.2. The Morgan fingerprint density at radius 3 is 2.77 bits per heavy atom. The van der Waals surface area contributed by atoms with Crippen molar-refractivity contribution in [3.63, 3.8) is 0 Å². The molecular formula is C25H22ClN5O4. The van der Waals surface area contributed by atoms with Gasteiger partial charge in [0, 0.05) is 35.0 Å². The van der Waals surface area contributed by atoms with E-state index >= 15 is 0 Å². The Morgan fingerprint density at radius 1 is 1.31 bits per heavy atom. The number of hydrogen-bond donors (Lipinski definition) is 1. The lowest BCUT2D eigenvalue weighted by atomic mass is 9.97. The monoisotopic (exact) mass is 491 g/mol. The smallest absolute Gasteiger partial charge is 0.255 e. The number of amides is 2. The van der Waals surface area contributed by atoms with Crippen LogP contribution in [0.1, 0.15) is 24.9 Å². The van der Waals surface area contributed by atoms with Crippen LogP contribution in [0.2, 0.25) is 5.02 Å². The Hall–Kier alpha value is -4.16. The van der Waals surface area contributed by atoms with E-state index in [1.807, 2.05) is 0 Å². The van der Waals surface area contributed by atoms with Gasteiger partial charge in [-0.2, -0.15) is 10.4 Å². The fraction of sp³-hybridized carbons (Fsp3) is 0.240. The predicted octanol–water partition coefficient (Wildman–Crippen LogP) is 3.01. The molecule has 1 aliphatic heterocycles. The summed E-state index contributed by atoms with van der Waals surface area (Å²) in [4.78, 5) is 38.3. The predicted molar refractivity (Wildman–Crippen MR) is 131 cm³/mol. The van der Waals surface area contributed by atoms with Crippen molar-refractivity contribution in [1.82, 2.24) is 14.9 Å². The molecule has 1 N–H and O–H groups in total. The second kappa shape index (κ2) is 9.60. The lowest BCUT2D eigenvalue weighted by Gasteiger charge is -2.21. The van der Waals surface area contributed by atoms with Gasteiger partial charge in [-0.15, -0.1) is 0 Å². The zero-order valence-electron chi connectivity index (χ0n) is 19.3. The van der Waals surface area contributed by atoms with Crippen molar-refractivity contribution in [1.29, 1.82) is 5.26 Å². The van der Waals surface area contributed by atoms with Crippen molar-refractivity contribution >= 4 is 29.1 Å². The lowest BCUT2D eigenvalue weighted by molar-refractivity contribution is -0.129. The Balaban J connectivity index is 1.66. The van der Waals surface area contributed by atoms with E-state index in [0.29, 0.717) is 45.3 Å². The standard InChI is InChI=1S/C25H22ClN5O4/c1-4-21(24(33)28-16-7-8-17-20(10-16)29-30(2)25(17)34)31-13-22(35-3)19(11-23(31)32)18-9-15(26)6-5-14(18)12-27/h5-11,13,17,21H,4H2,1-3H3,(H,28,33). The first-order chi connectivity index (χ1) is 16.8. The minimum absolute atomic E-state index is 0.137. The van der Waals surface area contributed by atoms with E-state index in [1.165, 1.54) is 28.9 Å². The number of fused-ring (bicyclic) bond motifs is 1. The third-order valence-corrected chi connectivity index (χ3v) is 6.12. The Kier molecular flexibility index (Phi) is 6.58. The van der Waals surface area contributed by atoms with Gasteiger partial charge in [-0.1, -0.05) is 24.6 Å². The van der Waals surface area contributed by atoms with Crippen LogP contribution >= 0.6 is 11.6 Å². The van der Waals surface area contributed by atoms with Gasteiger partial charge < -0.3 is 10.1 Å². The molecule has 9 nitrogen and oxygen atoms in total. The summed E-state index contributed by atoms with van der Waals surface area (Å²) in [5.74, 6) is -0.678. The van der Waals surface area contributed by atoms with Crippen LogP contribution in [0.15, 0.2) is 64.3 Å². The van der Waals surface area contributed by atoms with Crippen molar-refractivity contribution < 1.29 is 14.3 Å². The van der Waals surface area contributed by atoms with E-state index in [9.17, 15) is 19.6 Å². The van der Waals surface area contributed by atoms with E-state index in [-0.39, 0.29) is 5.91 Å². The molecule has 35 heavy (non-hydrogen) atoms. The molecule has 0 saturated heterocycles. The normalized spacial score (nSPS) is 17.3. The van der Waals surface area contributed by atoms with Crippen LogP contribution in [-0.4, -0.2) is 41.3 Å². The van der Waals surface area contributed by atoms with Gasteiger partial charge in [0.15, 0.2) is 0 Å². The Labute approximate surface area is 206 Å². The zero-order chi connectivity index (χ0) is 25.3. The molecule has 2 aliphatic rings. The number of nitriles is 1. The highest BCUT2D eigenvalue weighted by atomic mass is 35.5. The fourth-order valence-corrected chi connectivity index (χ4v) is 4.29. The van der Waals surface area contributed by atoms with Gasteiger partial charge in [0.05, 0.1) is 30.7 Å². The summed E-state index contributed by atoms with van der Waals surface area (Å²) in [6.07, 6.45) is 6.77. The highest BCUT2D eigenvalue weighted by Crippen LogP contribution is 2.33. The molecule has 2 aromatic rings. The number of benzene rings is 1. The SMILES string of the molecule is CCC(C(=O)NC1=CC2=NN(C)C(=O)C2C=C1)n1cc(OC)c(-c2cc(Cl)ccc2C#N)cc1=O. The average Bonchev–Trinajstić information content (AvgIpc) is 3.12. The molecule has 0 saturated carbocycles. The highest BCUT2D eigenvalue weighted by Gasteiger charge is 2.33. The van der Waals surface area contributed by atoms with Crippen LogP contribution in [0.5, 0.6) is 5.75 Å². The van der Waals surface area contributed by atoms with Crippen molar-refractivity contribution in [2.24, 2.45) is 11.0 Å². The van der Waals surface area contributed by atoms with Crippen LogP contribution in [0.4, 0.5) is 0 Å². The number of rotatable bonds is 6. The second-order valence-electron chi connectivity index (χ2n) is 8.04. The highest BCUT2D eigenvalue weighted by molar-refractivity contribution is 6.31. The van der Waals surface area contributed by atoms with Gasteiger partial charge in [0.1, 0.15) is 17.7 Å². The molecule has 178 valence electrons. The van der Waals surface area contributed by atoms with Crippen LogP contribution in [0, 0.1) is 17.2 Å². The number of halogens is 1. The summed E-state index contributed by atoms with van der Waals surface area (Å²) in [5, 5.41) is 18.2. The molecule has 0 spiro atoms. The summed E-state index contributed by atoms with van der Waals surface area (Å²) >= 11 is 6.12. The molecule has 0 radical (unpaired) electrons. The van der Waals surface area contributed by atoms with Crippen LogP contribution in [0.3, 0.4) is 0 Å². The molecule has 2 atom stereocenters. The first-order valence-corrected chi connectivity index (χ1v) is 11.2. The van der Waals surface area contributed by atoms with Gasteiger partial charge in [-0.25, -0.2) is 5.01 Å². The molecule has 2 amide bonds. The van der Waals surface area contributed by atoms with E-state index in [0.717, 1.165) is 0 Å². The first-order valence-electron chi connectivity index (χ1n) is 10.8. The number of methoxy groups -OCH3 is 1. The number of hydrogen-bond acceptors (Lipinski definition) is 6. The third-order valence-electron chi connectivity index (χ3n) is 5.89. The molecule has 1 aromatic carbocycles. The third kappa shape index (κ3) is 4.48. The minimum Gasteiger partial charge on any atom is -0.495 e. The first kappa shape index (κ1) is 24.0. The summed E-state index contributed by atoms with van der Waals surface area (Å²) in [7, 11) is 3.02. The summed E-state index contributed by atoms with van der Waals surface area (Å²) in [5.41, 5.74) is 1.78. The van der Waals surface area contributed by atoms with E-state index in [2.05, 4.69) is 16.5 Å². The molecule has 1 aliphatic carbocycles. The summed E-state index contributed by atoms with van der Waals surface area (Å²) in [6, 6.07) is 7.35. The molecule has 0 fully saturated rings. The molecular weight excluding hydrogens is 470 g/mol. The number of hydrazone groups is 1. The maximum Gasteiger partial charge on any atom is 0.255 e. The van der Waals surface area contributed by atoms with Gasteiger partial charge in [-0.3, -0.25) is 19.0 Å². The topological polar surface area (TPSA) is 117 Å². The Morgan fingerprint density at radius 2 is 2.09 bits per heavy atom. The van der Waals surface area contributed by atoms with Gasteiger partial charge in [-0.05, 0) is 36.8 Å². The number of nitrogens with zero attached hydrogens (tertiary/aromatic N) is 4. The number of pyridine rings is 1. The number of carbonyl (C=O) groups is 2. The maximum atomic E-state index is 13.2. The van der Waals surface area contributed by atoms with Gasteiger partial charge in [0.25, 0.3) is 11.5 Å². The van der Waals surface area contributed by atoms with E-state index in [1.54, 1.807) is 50.4 Å². The molecule has 2 heterocycles. The van der Waals surface area contributed by atoms with E-state index in [4.69, 9.17) is 16.3 Å². The number of nitrogens with one attached hydrogen (secondary N) is 1. The largest absolute Gasteiger partial charge is 0.495 e. The van der Waals surface area contributed by atoms with Crippen molar-refractivity contribution in [3.8, 4) is 22.9 Å². The van der Waals surface area contributed by atoms with Gasteiger partial charge >= 0.3 is 0 Å². The van der Waals surface area contributed by atoms with Crippen molar-refractivity contribution in [2.45, 2.75) is 19.4 Å². The fourth-order valence-electron chi connectivity index (χ4n) is 4.11. The van der Waals surface area contributed by atoms with Crippen molar-refractivity contribution in [2.75, 3.05) is 14.2 Å². The Bertz CT molecular complexity index is 1420. The van der Waals surface area contributed by atoms with Crippen LogP contribution < -0.4 is 15.6 Å². The lowest BCUT2D eigenvalue weighted by Crippen LogP contribution is -2.37. The molecule has 1 aromatic heterocycles. The zero-order valence-corrected chi connectivity index (χ0v) is 20.0. The quantitative estimate of drug-likeness (QED) is 0.666. The van der Waals surface area contributed by atoms with Crippen LogP contribution in [0.25, 0.3) is 11.1 Å². The molecule has 0 bridgehead atoms. The minimum atomic E-state index is -0.831. The molecule has 10 heteroatoms. The number of ether oxygens (including phenoxy) is 1. The number of aromatic nitrogens is 1. The summed E-state index contributed by atoms with van der Waals surface area (Å²) in [6.45, 7) is 1.79. The average molecular weight is 492 g/mol. The van der Waals surface area contributed by atoms with E-state index < -0.39 is 23.4 Å². The molecule has 4 rings (SSSR count). The number of allylic oxidation sites excluding steroid dienone is 2. The van der Waals surface area contributed by atoms with Crippen molar-refractivity contribution in [3.05, 3.63) is 75.3 Å².